The van der Waals surface area contributed by atoms with E-state index < -0.39 is 0 Å². The number of ether oxygens (including phenoxy) is 2. The number of nitrogens with one attached hydrogen (secondary N) is 1. The molecule has 2 aliphatic heterocycles. The number of anilines is 2. The van der Waals surface area contributed by atoms with E-state index in [4.69, 9.17) is 32.7 Å². The summed E-state index contributed by atoms with van der Waals surface area (Å²) in [5, 5.41) is 15.3. The van der Waals surface area contributed by atoms with Gasteiger partial charge in [-0.15, -0.1) is 0 Å². The molecule has 0 radical (unpaired) electrons. The van der Waals surface area contributed by atoms with E-state index in [0.717, 1.165) is 25.4 Å². The number of hydrogen-bond donors (Lipinski definition) is 2. The number of morpholine rings is 1. The summed E-state index contributed by atoms with van der Waals surface area (Å²) in [6, 6.07) is 9.08. The van der Waals surface area contributed by atoms with Gasteiger partial charge in [0.1, 0.15) is 24.9 Å². The molecular formula is C22H22Cl2N4O3. The molecular weight excluding hydrogens is 439 g/mol. The molecule has 0 bridgehead atoms. The summed E-state index contributed by atoms with van der Waals surface area (Å²) in [6.07, 6.45) is 3.88. The number of halogens is 2. The predicted molar refractivity (Wildman–Crippen MR) is 121 cm³/mol. The van der Waals surface area contributed by atoms with Gasteiger partial charge in [0.15, 0.2) is 11.5 Å². The van der Waals surface area contributed by atoms with Gasteiger partial charge < -0.3 is 19.9 Å². The fraction of sp³-hybridized carbons (Fsp3) is 0.364. The van der Waals surface area contributed by atoms with Crippen LogP contribution in [0.25, 0.3) is 10.9 Å². The zero-order valence-electron chi connectivity index (χ0n) is 16.7. The highest BCUT2D eigenvalue weighted by Gasteiger charge is 2.32. The molecule has 2 aromatic carbocycles. The SMILES string of the molecule is Oc1cc2c(Nc3ccc(Cl)c(Cl)c3)ncnc2cc1OC[C@@H]1CN2CCC[C@@H]2CO1. The number of hydrogen-bond acceptors (Lipinski definition) is 7. The highest BCUT2D eigenvalue weighted by molar-refractivity contribution is 6.42. The van der Waals surface area contributed by atoms with Gasteiger partial charge >= 0.3 is 0 Å². The summed E-state index contributed by atoms with van der Waals surface area (Å²) in [7, 11) is 0. The van der Waals surface area contributed by atoms with Crippen LogP contribution in [0.2, 0.25) is 10.0 Å². The number of rotatable bonds is 5. The number of benzene rings is 2. The van der Waals surface area contributed by atoms with Crippen molar-refractivity contribution in [2.24, 2.45) is 0 Å². The van der Waals surface area contributed by atoms with E-state index in [-0.39, 0.29) is 11.9 Å². The van der Waals surface area contributed by atoms with E-state index in [9.17, 15) is 5.11 Å². The number of phenolic OH excluding ortho intramolecular Hbond substituents is 1. The predicted octanol–water partition coefficient (Wildman–Crippen LogP) is 4.63. The number of aromatic nitrogens is 2. The van der Waals surface area contributed by atoms with E-state index in [1.54, 1.807) is 30.3 Å². The van der Waals surface area contributed by atoms with E-state index in [2.05, 4.69) is 20.2 Å². The monoisotopic (exact) mass is 460 g/mol. The van der Waals surface area contributed by atoms with Gasteiger partial charge in [0, 0.05) is 29.7 Å². The third kappa shape index (κ3) is 4.36. The molecule has 31 heavy (non-hydrogen) atoms. The Balaban J connectivity index is 1.33. The van der Waals surface area contributed by atoms with Crippen molar-refractivity contribution >= 4 is 45.6 Å². The highest BCUT2D eigenvalue weighted by atomic mass is 35.5. The Morgan fingerprint density at radius 3 is 2.97 bits per heavy atom. The second kappa shape index (κ2) is 8.67. The molecule has 3 heterocycles. The van der Waals surface area contributed by atoms with E-state index in [0.29, 0.717) is 45.2 Å². The first-order valence-corrected chi connectivity index (χ1v) is 11.0. The highest BCUT2D eigenvalue weighted by Crippen LogP contribution is 2.35. The first kappa shape index (κ1) is 20.6. The lowest BCUT2D eigenvalue weighted by atomic mass is 10.2. The van der Waals surface area contributed by atoms with Crippen molar-refractivity contribution in [2.45, 2.75) is 25.0 Å². The fourth-order valence-corrected chi connectivity index (χ4v) is 4.47. The minimum atomic E-state index is -0.0123. The van der Waals surface area contributed by atoms with Gasteiger partial charge in [0.2, 0.25) is 0 Å². The molecule has 5 rings (SSSR count). The van der Waals surface area contributed by atoms with Gasteiger partial charge in [-0.1, -0.05) is 23.2 Å². The standard InChI is InChI=1S/C22H22Cl2N4O3/c23-17-4-3-13(6-18(17)24)27-22-16-7-20(29)21(8-19(16)25-12-26-22)31-11-15-9-28-5-1-2-14(28)10-30-15/h3-4,6-8,12,14-15,29H,1-2,5,9-11H2,(H,25,26,27)/t14-,15+/m1/s1. The van der Waals surface area contributed by atoms with E-state index in [1.807, 2.05) is 0 Å². The fourth-order valence-electron chi connectivity index (χ4n) is 4.17. The summed E-state index contributed by atoms with van der Waals surface area (Å²) in [4.78, 5) is 11.1. The topological polar surface area (TPSA) is 79.7 Å². The first-order valence-electron chi connectivity index (χ1n) is 10.2. The molecule has 0 unspecified atom stereocenters. The number of fused-ring (bicyclic) bond motifs is 2. The Bertz CT molecular complexity index is 1110. The second-order valence-corrected chi connectivity index (χ2v) is 8.68. The van der Waals surface area contributed by atoms with Crippen LogP contribution in [-0.2, 0) is 4.74 Å². The average Bonchev–Trinajstić information content (AvgIpc) is 3.23. The van der Waals surface area contributed by atoms with Crippen molar-refractivity contribution in [1.29, 1.82) is 0 Å². The molecule has 0 aliphatic carbocycles. The van der Waals surface area contributed by atoms with Crippen LogP contribution in [0.3, 0.4) is 0 Å². The molecule has 2 fully saturated rings. The maximum atomic E-state index is 10.6. The molecule has 2 aliphatic rings. The summed E-state index contributed by atoms with van der Waals surface area (Å²) < 4.78 is 11.8. The Morgan fingerprint density at radius 1 is 1.19 bits per heavy atom. The zero-order chi connectivity index (χ0) is 21.4. The van der Waals surface area contributed by atoms with Crippen LogP contribution in [-0.4, -0.2) is 58.4 Å². The number of aromatic hydroxyl groups is 1. The quantitative estimate of drug-likeness (QED) is 0.574. The number of phenols is 1. The van der Waals surface area contributed by atoms with E-state index >= 15 is 0 Å². The molecule has 7 nitrogen and oxygen atoms in total. The van der Waals surface area contributed by atoms with Crippen LogP contribution >= 0.6 is 23.2 Å². The Kier molecular flexibility index (Phi) is 5.75. The summed E-state index contributed by atoms with van der Waals surface area (Å²) in [6.45, 7) is 3.10. The molecule has 0 spiro atoms. The third-order valence-electron chi connectivity index (χ3n) is 5.78. The van der Waals surface area contributed by atoms with Crippen LogP contribution in [0.4, 0.5) is 11.5 Å². The molecule has 2 N–H and O–H groups in total. The Labute approximate surface area is 189 Å². The molecule has 3 aromatic rings. The zero-order valence-corrected chi connectivity index (χ0v) is 18.2. The third-order valence-corrected chi connectivity index (χ3v) is 6.52. The average molecular weight is 461 g/mol. The van der Waals surface area contributed by atoms with Gasteiger partial charge in [0.05, 0.1) is 22.2 Å². The van der Waals surface area contributed by atoms with Crippen molar-refractivity contribution in [2.75, 3.05) is 31.6 Å². The minimum absolute atomic E-state index is 0.0123. The maximum Gasteiger partial charge on any atom is 0.163 e. The van der Waals surface area contributed by atoms with Crippen LogP contribution < -0.4 is 10.1 Å². The van der Waals surface area contributed by atoms with Gasteiger partial charge in [-0.3, -0.25) is 4.90 Å². The Morgan fingerprint density at radius 2 is 2.10 bits per heavy atom. The first-order chi connectivity index (χ1) is 15.1. The molecule has 1 aromatic heterocycles. The van der Waals surface area contributed by atoms with Crippen molar-refractivity contribution in [1.82, 2.24) is 14.9 Å². The molecule has 162 valence electrons. The minimum Gasteiger partial charge on any atom is -0.504 e. The van der Waals surface area contributed by atoms with Crippen molar-refractivity contribution in [3.8, 4) is 11.5 Å². The van der Waals surface area contributed by atoms with Crippen LogP contribution in [0.1, 0.15) is 12.8 Å². The summed E-state index contributed by atoms with van der Waals surface area (Å²) >= 11 is 12.1. The van der Waals surface area contributed by atoms with Crippen LogP contribution in [0, 0.1) is 0 Å². The largest absolute Gasteiger partial charge is 0.504 e. The Hall–Kier alpha value is -2.32. The van der Waals surface area contributed by atoms with Gasteiger partial charge in [0.25, 0.3) is 0 Å². The van der Waals surface area contributed by atoms with Crippen molar-refractivity contribution in [3.05, 3.63) is 46.7 Å². The smallest absolute Gasteiger partial charge is 0.163 e. The lowest BCUT2D eigenvalue weighted by molar-refractivity contribution is -0.0655. The molecule has 9 heteroatoms. The molecule has 2 saturated heterocycles. The van der Waals surface area contributed by atoms with Crippen molar-refractivity contribution in [3.63, 3.8) is 0 Å². The molecule has 0 saturated carbocycles. The van der Waals surface area contributed by atoms with Crippen LogP contribution in [0.15, 0.2) is 36.7 Å². The van der Waals surface area contributed by atoms with Gasteiger partial charge in [-0.05, 0) is 43.7 Å². The van der Waals surface area contributed by atoms with Gasteiger partial charge in [-0.2, -0.15) is 0 Å². The van der Waals surface area contributed by atoms with Crippen LogP contribution in [0.5, 0.6) is 11.5 Å². The lowest BCUT2D eigenvalue weighted by Gasteiger charge is -2.35. The second-order valence-electron chi connectivity index (χ2n) is 7.87. The summed E-state index contributed by atoms with van der Waals surface area (Å²) in [5.74, 6) is 0.939. The lowest BCUT2D eigenvalue weighted by Crippen LogP contribution is -2.48. The molecule has 0 amide bonds. The van der Waals surface area contributed by atoms with E-state index in [1.165, 1.54) is 19.2 Å². The summed E-state index contributed by atoms with van der Waals surface area (Å²) in [5.41, 5.74) is 1.37. The molecule has 2 atom stereocenters. The van der Waals surface area contributed by atoms with Crippen molar-refractivity contribution < 1.29 is 14.6 Å². The maximum absolute atomic E-state index is 10.6. The normalized spacial score (nSPS) is 21.2. The number of nitrogens with zero attached hydrogens (tertiary/aromatic N) is 3. The van der Waals surface area contributed by atoms with Gasteiger partial charge in [-0.25, -0.2) is 9.97 Å².